The van der Waals surface area contributed by atoms with Gasteiger partial charge < -0.3 is 10.2 Å². The molecule has 0 unspecified atom stereocenters. The van der Waals surface area contributed by atoms with Crippen LogP contribution in [0.4, 0.5) is 5.69 Å². The van der Waals surface area contributed by atoms with E-state index in [1.807, 2.05) is 47.4 Å². The number of nitrogens with zero attached hydrogens (tertiary/aromatic N) is 3. The van der Waals surface area contributed by atoms with Crippen LogP contribution in [0.5, 0.6) is 0 Å². The number of fused-ring (bicyclic) bond motifs is 1. The molecular formula is C23H26N4O2. The van der Waals surface area contributed by atoms with Crippen LogP contribution in [0.15, 0.2) is 48.7 Å². The summed E-state index contributed by atoms with van der Waals surface area (Å²) in [4.78, 5) is 32.6. The van der Waals surface area contributed by atoms with Crippen LogP contribution in [0.3, 0.4) is 0 Å². The minimum atomic E-state index is -0.301. The molecule has 4 rings (SSSR count). The number of para-hydroxylation sites is 1. The standard InChI is InChI=1S/C23H26N4O2/c1-2-17-11-5-6-12-18(17)24-22(28)20-19-13-7-10-16-27(19)21(25-20)23(29)26-14-8-3-4-9-15-26/h5-7,10-13,16H,2-4,8-9,14-15H2,1H3,(H,24,28). The topological polar surface area (TPSA) is 66.7 Å². The lowest BCUT2D eigenvalue weighted by atomic mass is 10.1. The van der Waals surface area contributed by atoms with E-state index in [1.54, 1.807) is 10.6 Å². The first-order valence-electron chi connectivity index (χ1n) is 10.3. The summed E-state index contributed by atoms with van der Waals surface area (Å²) in [6.07, 6.45) is 6.93. The fourth-order valence-electron chi connectivity index (χ4n) is 3.90. The fourth-order valence-corrected chi connectivity index (χ4v) is 3.90. The van der Waals surface area contributed by atoms with Crippen LogP contribution in [-0.4, -0.2) is 39.2 Å². The number of benzene rings is 1. The molecule has 1 N–H and O–H groups in total. The van der Waals surface area contributed by atoms with E-state index in [9.17, 15) is 9.59 Å². The highest BCUT2D eigenvalue weighted by atomic mass is 16.2. The van der Waals surface area contributed by atoms with Crippen molar-refractivity contribution in [1.82, 2.24) is 14.3 Å². The summed E-state index contributed by atoms with van der Waals surface area (Å²) >= 11 is 0. The molecule has 150 valence electrons. The van der Waals surface area contributed by atoms with Gasteiger partial charge in [0, 0.05) is 25.0 Å². The first kappa shape index (κ1) is 19.2. The Balaban J connectivity index is 1.68. The summed E-state index contributed by atoms with van der Waals surface area (Å²) in [6, 6.07) is 13.3. The molecule has 1 aliphatic rings. The third-order valence-electron chi connectivity index (χ3n) is 5.49. The van der Waals surface area contributed by atoms with E-state index < -0.39 is 0 Å². The van der Waals surface area contributed by atoms with Gasteiger partial charge >= 0.3 is 0 Å². The van der Waals surface area contributed by atoms with Crippen molar-refractivity contribution in [1.29, 1.82) is 0 Å². The zero-order valence-corrected chi connectivity index (χ0v) is 16.7. The summed E-state index contributed by atoms with van der Waals surface area (Å²) in [7, 11) is 0. The van der Waals surface area contributed by atoms with Crippen LogP contribution < -0.4 is 5.32 Å². The average Bonchev–Trinajstić information content (AvgIpc) is 2.93. The van der Waals surface area contributed by atoms with E-state index in [1.165, 1.54) is 0 Å². The summed E-state index contributed by atoms with van der Waals surface area (Å²) in [6.45, 7) is 3.53. The second kappa shape index (κ2) is 8.47. The molecule has 0 bridgehead atoms. The zero-order valence-electron chi connectivity index (χ0n) is 16.7. The predicted octanol–water partition coefficient (Wildman–Crippen LogP) is 4.17. The molecule has 2 aromatic heterocycles. The van der Waals surface area contributed by atoms with E-state index in [0.717, 1.165) is 56.4 Å². The largest absolute Gasteiger partial charge is 0.336 e. The Morgan fingerprint density at radius 3 is 2.48 bits per heavy atom. The number of imidazole rings is 1. The van der Waals surface area contributed by atoms with E-state index in [-0.39, 0.29) is 17.5 Å². The van der Waals surface area contributed by atoms with Gasteiger partial charge in [-0.25, -0.2) is 4.98 Å². The molecule has 3 aromatic rings. The number of aryl methyl sites for hydroxylation is 1. The quantitative estimate of drug-likeness (QED) is 0.727. The number of carbonyl (C=O) groups is 2. The van der Waals surface area contributed by atoms with Crippen LogP contribution in [0.2, 0.25) is 0 Å². The maximum Gasteiger partial charge on any atom is 0.290 e. The summed E-state index contributed by atoms with van der Waals surface area (Å²) in [5.74, 6) is -0.109. The van der Waals surface area contributed by atoms with Crippen molar-refractivity contribution in [2.75, 3.05) is 18.4 Å². The highest BCUT2D eigenvalue weighted by Gasteiger charge is 2.25. The van der Waals surface area contributed by atoms with Gasteiger partial charge in [-0.2, -0.15) is 0 Å². The lowest BCUT2D eigenvalue weighted by molar-refractivity contribution is 0.0748. The molecule has 3 heterocycles. The highest BCUT2D eigenvalue weighted by molar-refractivity contribution is 6.09. The fraction of sp³-hybridized carbons (Fsp3) is 0.348. The summed E-state index contributed by atoms with van der Waals surface area (Å²) < 4.78 is 1.73. The number of rotatable bonds is 4. The lowest BCUT2D eigenvalue weighted by Crippen LogP contribution is -2.33. The van der Waals surface area contributed by atoms with E-state index in [4.69, 9.17) is 0 Å². The number of aromatic nitrogens is 2. The molecule has 1 saturated heterocycles. The van der Waals surface area contributed by atoms with Crippen molar-refractivity contribution in [2.45, 2.75) is 39.0 Å². The molecule has 1 aromatic carbocycles. The molecule has 0 atom stereocenters. The monoisotopic (exact) mass is 390 g/mol. The minimum Gasteiger partial charge on any atom is -0.336 e. The highest BCUT2D eigenvalue weighted by Crippen LogP contribution is 2.20. The van der Waals surface area contributed by atoms with E-state index >= 15 is 0 Å². The Morgan fingerprint density at radius 2 is 1.72 bits per heavy atom. The van der Waals surface area contributed by atoms with Crippen LogP contribution in [0, 0.1) is 0 Å². The van der Waals surface area contributed by atoms with Crippen LogP contribution in [0.25, 0.3) is 5.52 Å². The SMILES string of the molecule is CCc1ccccc1NC(=O)c1nc(C(=O)N2CCCCCC2)n2ccccc12. The Morgan fingerprint density at radius 1 is 1.00 bits per heavy atom. The zero-order chi connectivity index (χ0) is 20.2. The van der Waals surface area contributed by atoms with Crippen molar-refractivity contribution in [3.8, 4) is 0 Å². The number of amides is 2. The minimum absolute atomic E-state index is 0.110. The van der Waals surface area contributed by atoms with Gasteiger partial charge in [-0.05, 0) is 43.0 Å². The first-order valence-corrected chi connectivity index (χ1v) is 10.3. The van der Waals surface area contributed by atoms with Gasteiger partial charge in [0.25, 0.3) is 11.8 Å². The summed E-state index contributed by atoms with van der Waals surface area (Å²) in [5.41, 5.74) is 2.74. The normalized spacial score (nSPS) is 14.6. The van der Waals surface area contributed by atoms with Crippen LogP contribution in [-0.2, 0) is 6.42 Å². The van der Waals surface area contributed by atoms with Gasteiger partial charge in [-0.1, -0.05) is 44.0 Å². The number of carbonyl (C=O) groups excluding carboxylic acids is 2. The Hall–Kier alpha value is -3.15. The number of nitrogens with one attached hydrogen (secondary N) is 1. The van der Waals surface area contributed by atoms with E-state index in [2.05, 4.69) is 17.2 Å². The second-order valence-corrected chi connectivity index (χ2v) is 7.41. The second-order valence-electron chi connectivity index (χ2n) is 7.41. The van der Waals surface area contributed by atoms with Gasteiger partial charge in [0.15, 0.2) is 5.69 Å². The molecule has 0 saturated carbocycles. The molecule has 2 amide bonds. The average molecular weight is 390 g/mol. The number of likely N-dealkylation sites (tertiary alicyclic amines) is 1. The molecule has 1 aliphatic heterocycles. The molecular weight excluding hydrogens is 364 g/mol. The third kappa shape index (κ3) is 3.88. The maximum absolute atomic E-state index is 13.2. The number of hydrogen-bond donors (Lipinski definition) is 1. The molecule has 0 aliphatic carbocycles. The predicted molar refractivity (Wildman–Crippen MR) is 113 cm³/mol. The number of hydrogen-bond acceptors (Lipinski definition) is 3. The van der Waals surface area contributed by atoms with Gasteiger partial charge in [-0.3, -0.25) is 14.0 Å². The van der Waals surface area contributed by atoms with Crippen molar-refractivity contribution in [2.24, 2.45) is 0 Å². The maximum atomic E-state index is 13.2. The molecule has 0 spiro atoms. The van der Waals surface area contributed by atoms with Gasteiger partial charge in [-0.15, -0.1) is 0 Å². The molecule has 6 heteroatoms. The van der Waals surface area contributed by atoms with Crippen LogP contribution >= 0.6 is 0 Å². The van der Waals surface area contributed by atoms with Crippen molar-refractivity contribution in [3.05, 3.63) is 65.7 Å². The molecule has 0 radical (unpaired) electrons. The van der Waals surface area contributed by atoms with Crippen molar-refractivity contribution in [3.63, 3.8) is 0 Å². The van der Waals surface area contributed by atoms with E-state index in [0.29, 0.717) is 11.3 Å². The smallest absolute Gasteiger partial charge is 0.290 e. The number of pyridine rings is 1. The van der Waals surface area contributed by atoms with Gasteiger partial charge in [0.1, 0.15) is 0 Å². The first-order chi connectivity index (χ1) is 14.2. The Kier molecular flexibility index (Phi) is 5.60. The molecule has 1 fully saturated rings. The number of anilines is 1. The molecule has 6 nitrogen and oxygen atoms in total. The van der Waals surface area contributed by atoms with Gasteiger partial charge in [0.05, 0.1) is 5.52 Å². The van der Waals surface area contributed by atoms with Crippen LogP contribution in [0.1, 0.15) is 59.3 Å². The summed E-state index contributed by atoms with van der Waals surface area (Å²) in [5, 5.41) is 2.97. The molecule has 29 heavy (non-hydrogen) atoms. The van der Waals surface area contributed by atoms with Crippen molar-refractivity contribution < 1.29 is 9.59 Å². The Bertz CT molecular complexity index is 1030. The third-order valence-corrected chi connectivity index (χ3v) is 5.49. The van der Waals surface area contributed by atoms with Gasteiger partial charge in [0.2, 0.25) is 5.82 Å². The lowest BCUT2D eigenvalue weighted by Gasteiger charge is -2.19. The van der Waals surface area contributed by atoms with Crippen molar-refractivity contribution >= 4 is 23.0 Å². The Labute approximate surface area is 170 Å².